The highest BCUT2D eigenvalue weighted by molar-refractivity contribution is 6.34. The van der Waals surface area contributed by atoms with Crippen molar-refractivity contribution in [1.29, 1.82) is 0 Å². The highest BCUT2D eigenvalue weighted by atomic mass is 35.5. The van der Waals surface area contributed by atoms with Crippen molar-refractivity contribution in [3.63, 3.8) is 0 Å². The third-order valence-electron chi connectivity index (χ3n) is 2.45. The van der Waals surface area contributed by atoms with E-state index in [-0.39, 0.29) is 10.6 Å². The highest BCUT2D eigenvalue weighted by Crippen LogP contribution is 2.25. The second-order valence-corrected chi connectivity index (χ2v) is 3.77. The summed E-state index contributed by atoms with van der Waals surface area (Å²) in [7, 11) is 1.81. The monoisotopic (exact) mass is 224 g/mol. The van der Waals surface area contributed by atoms with E-state index in [1.165, 1.54) is 6.07 Å². The van der Waals surface area contributed by atoms with Gasteiger partial charge < -0.3 is 5.11 Å². The van der Waals surface area contributed by atoms with Gasteiger partial charge in [-0.1, -0.05) is 11.6 Å². The third kappa shape index (κ3) is 1.47. The molecule has 5 heteroatoms. The summed E-state index contributed by atoms with van der Waals surface area (Å²) in [4.78, 5) is 10.8. The molecule has 15 heavy (non-hydrogen) atoms. The summed E-state index contributed by atoms with van der Waals surface area (Å²) >= 11 is 5.86. The number of halogens is 1. The van der Waals surface area contributed by atoms with Gasteiger partial charge in [-0.3, -0.25) is 4.68 Å². The van der Waals surface area contributed by atoms with Crippen LogP contribution in [0.3, 0.4) is 0 Å². The van der Waals surface area contributed by atoms with Gasteiger partial charge in [-0.25, -0.2) is 4.79 Å². The second kappa shape index (κ2) is 3.24. The Morgan fingerprint density at radius 2 is 2.20 bits per heavy atom. The lowest BCUT2D eigenvalue weighted by molar-refractivity contribution is 0.0697. The van der Waals surface area contributed by atoms with Crippen molar-refractivity contribution in [2.75, 3.05) is 0 Å². The number of carboxylic acid groups (broad SMARTS) is 1. The number of hydrogen-bond acceptors (Lipinski definition) is 2. The normalized spacial score (nSPS) is 10.9. The van der Waals surface area contributed by atoms with E-state index >= 15 is 0 Å². The van der Waals surface area contributed by atoms with Gasteiger partial charge >= 0.3 is 5.97 Å². The van der Waals surface area contributed by atoms with E-state index in [0.717, 1.165) is 11.1 Å². The average molecular weight is 225 g/mol. The van der Waals surface area contributed by atoms with Crippen LogP contribution in [0.2, 0.25) is 5.02 Å². The van der Waals surface area contributed by atoms with Gasteiger partial charge in [0, 0.05) is 18.1 Å². The molecule has 2 aromatic rings. The van der Waals surface area contributed by atoms with E-state index < -0.39 is 5.97 Å². The zero-order chi connectivity index (χ0) is 11.2. The molecular formula is C10H9ClN2O2. The van der Waals surface area contributed by atoms with Gasteiger partial charge in [0.25, 0.3) is 0 Å². The molecule has 0 saturated carbocycles. The standard InChI is InChI=1S/C10H9ClN2O2/c1-5-6-3-8(11)7(10(14)15)4-9(6)12-13(5)2/h3-4H,1-2H3,(H,14,15). The van der Waals surface area contributed by atoms with E-state index in [1.54, 1.807) is 10.7 Å². The van der Waals surface area contributed by atoms with Crippen LogP contribution in [-0.2, 0) is 7.05 Å². The summed E-state index contributed by atoms with van der Waals surface area (Å²) in [6.45, 7) is 1.91. The zero-order valence-electron chi connectivity index (χ0n) is 8.28. The van der Waals surface area contributed by atoms with E-state index in [1.807, 2.05) is 14.0 Å². The Balaban J connectivity index is 2.82. The topological polar surface area (TPSA) is 55.1 Å². The first-order valence-corrected chi connectivity index (χ1v) is 4.74. The molecule has 2 rings (SSSR count). The summed E-state index contributed by atoms with van der Waals surface area (Å²) in [6.07, 6.45) is 0. The fourth-order valence-electron chi connectivity index (χ4n) is 1.51. The van der Waals surface area contributed by atoms with Crippen LogP contribution in [0.25, 0.3) is 10.9 Å². The van der Waals surface area contributed by atoms with E-state index in [4.69, 9.17) is 16.7 Å². The van der Waals surface area contributed by atoms with Crippen molar-refractivity contribution < 1.29 is 9.90 Å². The van der Waals surface area contributed by atoms with Gasteiger partial charge in [-0.15, -0.1) is 0 Å². The molecule has 0 radical (unpaired) electrons. The highest BCUT2D eigenvalue weighted by Gasteiger charge is 2.13. The van der Waals surface area contributed by atoms with Crippen molar-refractivity contribution in [3.05, 3.63) is 28.4 Å². The fraction of sp³-hybridized carbons (Fsp3) is 0.200. The Morgan fingerprint density at radius 1 is 1.53 bits per heavy atom. The van der Waals surface area contributed by atoms with Gasteiger partial charge in [0.05, 0.1) is 16.1 Å². The number of carbonyl (C=O) groups is 1. The molecule has 0 aliphatic carbocycles. The van der Waals surface area contributed by atoms with E-state index in [2.05, 4.69) is 5.10 Å². The Bertz CT molecular complexity index is 560. The Kier molecular flexibility index (Phi) is 2.16. The van der Waals surface area contributed by atoms with Crippen LogP contribution >= 0.6 is 11.6 Å². The summed E-state index contributed by atoms with van der Waals surface area (Å²) in [5.41, 5.74) is 1.70. The lowest BCUT2D eigenvalue weighted by Gasteiger charge is -1.98. The van der Waals surface area contributed by atoms with Gasteiger partial charge in [0.15, 0.2) is 0 Å². The molecule has 0 saturated heterocycles. The van der Waals surface area contributed by atoms with Gasteiger partial charge in [0.1, 0.15) is 0 Å². The smallest absolute Gasteiger partial charge is 0.337 e. The number of fused-ring (bicyclic) bond motifs is 1. The largest absolute Gasteiger partial charge is 0.478 e. The summed E-state index contributed by atoms with van der Waals surface area (Å²) in [5.74, 6) is -1.04. The number of aromatic carboxylic acids is 1. The summed E-state index contributed by atoms with van der Waals surface area (Å²) < 4.78 is 1.70. The molecule has 0 spiro atoms. The first kappa shape index (κ1) is 9.98. The van der Waals surface area contributed by atoms with Gasteiger partial charge in [-0.05, 0) is 19.1 Å². The van der Waals surface area contributed by atoms with Crippen LogP contribution in [0.15, 0.2) is 12.1 Å². The first-order valence-electron chi connectivity index (χ1n) is 4.37. The average Bonchev–Trinajstić information content (AvgIpc) is 2.43. The number of nitrogens with zero attached hydrogens (tertiary/aromatic N) is 2. The zero-order valence-corrected chi connectivity index (χ0v) is 9.04. The maximum absolute atomic E-state index is 10.8. The van der Waals surface area contributed by atoms with Crippen LogP contribution in [0, 0.1) is 6.92 Å². The molecule has 0 aliphatic heterocycles. The molecule has 0 aliphatic rings. The predicted octanol–water partition coefficient (Wildman–Crippen LogP) is 2.23. The molecule has 78 valence electrons. The molecule has 4 nitrogen and oxygen atoms in total. The Labute approximate surface area is 91.1 Å². The molecule has 0 amide bonds. The van der Waals surface area contributed by atoms with Crippen molar-refractivity contribution in [2.24, 2.45) is 7.05 Å². The maximum atomic E-state index is 10.8. The lowest BCUT2D eigenvalue weighted by Crippen LogP contribution is -1.96. The SMILES string of the molecule is Cc1c2cc(Cl)c(C(=O)O)cc2nn1C. The minimum atomic E-state index is -1.04. The minimum Gasteiger partial charge on any atom is -0.478 e. The minimum absolute atomic E-state index is 0.0854. The summed E-state index contributed by atoms with van der Waals surface area (Å²) in [5, 5.41) is 14.2. The van der Waals surface area contributed by atoms with Crippen LogP contribution in [-0.4, -0.2) is 20.9 Å². The molecular weight excluding hydrogens is 216 g/mol. The van der Waals surface area contributed by atoms with Crippen LogP contribution < -0.4 is 0 Å². The van der Waals surface area contributed by atoms with Crippen molar-refractivity contribution in [1.82, 2.24) is 9.78 Å². The predicted molar refractivity (Wildman–Crippen MR) is 57.4 cm³/mol. The van der Waals surface area contributed by atoms with Crippen molar-refractivity contribution in [2.45, 2.75) is 6.92 Å². The lowest BCUT2D eigenvalue weighted by atomic mass is 10.1. The Hall–Kier alpha value is -1.55. The third-order valence-corrected chi connectivity index (χ3v) is 2.76. The van der Waals surface area contributed by atoms with Gasteiger partial charge in [-0.2, -0.15) is 5.10 Å². The number of carboxylic acids is 1. The Morgan fingerprint density at radius 3 is 2.80 bits per heavy atom. The maximum Gasteiger partial charge on any atom is 0.337 e. The fourth-order valence-corrected chi connectivity index (χ4v) is 1.75. The van der Waals surface area contributed by atoms with E-state index in [9.17, 15) is 4.79 Å². The molecule has 1 aromatic heterocycles. The number of hydrogen-bond donors (Lipinski definition) is 1. The molecule has 0 atom stereocenters. The number of aromatic nitrogens is 2. The number of benzene rings is 1. The summed E-state index contributed by atoms with van der Waals surface area (Å²) in [6, 6.07) is 3.13. The number of rotatable bonds is 1. The molecule has 0 bridgehead atoms. The van der Waals surface area contributed by atoms with Crippen LogP contribution in [0.1, 0.15) is 16.1 Å². The van der Waals surface area contributed by atoms with Crippen molar-refractivity contribution >= 4 is 28.5 Å². The van der Waals surface area contributed by atoms with Crippen LogP contribution in [0.4, 0.5) is 0 Å². The van der Waals surface area contributed by atoms with E-state index in [0.29, 0.717) is 5.52 Å². The first-order chi connectivity index (χ1) is 7.00. The van der Waals surface area contributed by atoms with Crippen molar-refractivity contribution in [3.8, 4) is 0 Å². The van der Waals surface area contributed by atoms with Crippen LogP contribution in [0.5, 0.6) is 0 Å². The second-order valence-electron chi connectivity index (χ2n) is 3.36. The molecule has 1 heterocycles. The molecule has 1 aromatic carbocycles. The number of aryl methyl sites for hydroxylation is 2. The molecule has 0 unspecified atom stereocenters. The quantitative estimate of drug-likeness (QED) is 0.808. The molecule has 1 N–H and O–H groups in total. The molecule has 0 fully saturated rings. The van der Waals surface area contributed by atoms with Gasteiger partial charge in [0.2, 0.25) is 0 Å².